The Labute approximate surface area is 206 Å². The van der Waals surface area contributed by atoms with Crippen molar-refractivity contribution in [3.8, 4) is 28.8 Å². The summed E-state index contributed by atoms with van der Waals surface area (Å²) in [6.45, 7) is 6.56. The smallest absolute Gasteiger partial charge is 0.206 e. The first kappa shape index (κ1) is 24.2. The third kappa shape index (κ3) is 5.61. The summed E-state index contributed by atoms with van der Waals surface area (Å²) in [5.74, 6) is 8.22. The van der Waals surface area contributed by atoms with E-state index in [1.165, 1.54) is 0 Å². The zero-order valence-corrected chi connectivity index (χ0v) is 20.7. The highest BCUT2D eigenvalue weighted by Crippen LogP contribution is 2.32. The molecule has 0 spiro atoms. The summed E-state index contributed by atoms with van der Waals surface area (Å²) in [6.07, 6.45) is 2.68. The van der Waals surface area contributed by atoms with Gasteiger partial charge in [-0.15, -0.1) is 10.2 Å². The van der Waals surface area contributed by atoms with Gasteiger partial charge in [0.1, 0.15) is 11.6 Å². The van der Waals surface area contributed by atoms with E-state index in [-0.39, 0.29) is 17.8 Å². The van der Waals surface area contributed by atoms with Crippen LogP contribution in [-0.2, 0) is 0 Å². The van der Waals surface area contributed by atoms with Crippen LogP contribution in [-0.4, -0.2) is 76.0 Å². The molecule has 3 aromatic rings. The van der Waals surface area contributed by atoms with Gasteiger partial charge in [0.25, 0.3) is 0 Å². The number of phenols is 1. The van der Waals surface area contributed by atoms with Crippen molar-refractivity contribution in [1.29, 1.82) is 0 Å². The number of para-hydroxylation sites is 1. The van der Waals surface area contributed by atoms with Crippen molar-refractivity contribution >= 4 is 17.3 Å². The van der Waals surface area contributed by atoms with E-state index < -0.39 is 0 Å². The molecule has 0 aliphatic carbocycles. The molecule has 2 atom stereocenters. The Bertz CT molecular complexity index is 1240. The monoisotopic (exact) mass is 472 g/mol. The Balaban J connectivity index is 1.55. The third-order valence-corrected chi connectivity index (χ3v) is 6.38. The average molecular weight is 473 g/mol. The second-order valence-corrected chi connectivity index (χ2v) is 8.98. The normalized spacial score (nSPS) is 17.0. The Morgan fingerprint density at radius 2 is 1.94 bits per heavy atom. The average Bonchev–Trinajstić information content (AvgIpc) is 3.05. The second-order valence-electron chi connectivity index (χ2n) is 8.98. The van der Waals surface area contributed by atoms with E-state index >= 15 is 0 Å². The predicted octanol–water partition coefficient (Wildman–Crippen LogP) is 2.63. The van der Waals surface area contributed by atoms with Crippen molar-refractivity contribution in [2.45, 2.75) is 32.4 Å². The Morgan fingerprint density at radius 1 is 1.14 bits per heavy atom. The van der Waals surface area contributed by atoms with Crippen LogP contribution in [0, 0.1) is 11.8 Å². The summed E-state index contributed by atoms with van der Waals surface area (Å²) < 4.78 is 0. The molecule has 0 unspecified atom stereocenters. The van der Waals surface area contributed by atoms with E-state index in [1.807, 2.05) is 50.2 Å². The number of nitrogen functional groups attached to an aromatic ring is 1. The fourth-order valence-corrected chi connectivity index (χ4v) is 3.97. The molecule has 9 nitrogen and oxygen atoms in total. The molecule has 4 rings (SSSR count). The SMILES string of the molecule is C[C@@H]1CCN(c2cc(-c3ccccc3O)nnc2N)CCN1c1ccnc(C#C[C@H](C)N(C)C)n1. The Kier molecular flexibility index (Phi) is 7.32. The molecule has 3 N–H and O–H groups in total. The largest absolute Gasteiger partial charge is 0.507 e. The van der Waals surface area contributed by atoms with Crippen LogP contribution in [0.5, 0.6) is 5.75 Å². The highest BCUT2D eigenvalue weighted by molar-refractivity contribution is 5.74. The number of hydrogen-bond donors (Lipinski definition) is 2. The first-order chi connectivity index (χ1) is 16.8. The molecule has 0 amide bonds. The summed E-state index contributed by atoms with van der Waals surface area (Å²) in [4.78, 5) is 15.6. The fourth-order valence-electron chi connectivity index (χ4n) is 3.97. The number of anilines is 3. The molecule has 0 saturated carbocycles. The van der Waals surface area contributed by atoms with Gasteiger partial charge in [-0.1, -0.05) is 18.1 Å². The van der Waals surface area contributed by atoms with Crippen LogP contribution in [0.1, 0.15) is 26.1 Å². The van der Waals surface area contributed by atoms with Gasteiger partial charge in [0.15, 0.2) is 5.82 Å². The molecular formula is C26H32N8O. The van der Waals surface area contributed by atoms with E-state index in [0.29, 0.717) is 22.9 Å². The summed E-state index contributed by atoms with van der Waals surface area (Å²) in [7, 11) is 4.00. The number of nitrogens with two attached hydrogens (primary N) is 1. The lowest BCUT2D eigenvalue weighted by Crippen LogP contribution is -2.35. The lowest BCUT2D eigenvalue weighted by atomic mass is 10.1. The van der Waals surface area contributed by atoms with Gasteiger partial charge >= 0.3 is 0 Å². The van der Waals surface area contributed by atoms with Gasteiger partial charge in [0, 0.05) is 37.4 Å². The van der Waals surface area contributed by atoms with Crippen LogP contribution in [0.4, 0.5) is 17.3 Å². The van der Waals surface area contributed by atoms with Gasteiger partial charge in [0.2, 0.25) is 5.82 Å². The second kappa shape index (κ2) is 10.6. The van der Waals surface area contributed by atoms with E-state index in [2.05, 4.69) is 43.7 Å². The van der Waals surface area contributed by atoms with Crippen molar-refractivity contribution in [1.82, 2.24) is 25.1 Å². The third-order valence-electron chi connectivity index (χ3n) is 6.38. The molecule has 1 fully saturated rings. The van der Waals surface area contributed by atoms with E-state index in [4.69, 9.17) is 10.7 Å². The Hall–Kier alpha value is -3.90. The number of benzene rings is 1. The maximum absolute atomic E-state index is 10.2. The molecule has 9 heteroatoms. The molecule has 2 aromatic heterocycles. The minimum absolute atomic E-state index is 0.120. The number of nitrogens with zero attached hydrogens (tertiary/aromatic N) is 7. The summed E-state index contributed by atoms with van der Waals surface area (Å²) in [6, 6.07) is 11.3. The molecule has 1 aliphatic heterocycles. The van der Waals surface area contributed by atoms with Crippen molar-refractivity contribution in [3.05, 3.63) is 48.4 Å². The molecule has 0 radical (unpaired) electrons. The molecule has 0 bridgehead atoms. The number of aromatic nitrogens is 4. The van der Waals surface area contributed by atoms with Crippen molar-refractivity contribution in [2.75, 3.05) is 49.3 Å². The molecule has 1 saturated heterocycles. The lowest BCUT2D eigenvalue weighted by molar-refractivity contribution is 0.373. The zero-order chi connectivity index (χ0) is 24.9. The highest BCUT2D eigenvalue weighted by atomic mass is 16.3. The van der Waals surface area contributed by atoms with E-state index in [9.17, 15) is 5.11 Å². The minimum Gasteiger partial charge on any atom is -0.507 e. The van der Waals surface area contributed by atoms with E-state index in [0.717, 1.165) is 37.6 Å². The predicted molar refractivity (Wildman–Crippen MR) is 139 cm³/mol. The van der Waals surface area contributed by atoms with Crippen molar-refractivity contribution < 1.29 is 5.11 Å². The molecular weight excluding hydrogens is 440 g/mol. The molecule has 182 valence electrons. The first-order valence-corrected chi connectivity index (χ1v) is 11.8. The highest BCUT2D eigenvalue weighted by Gasteiger charge is 2.24. The van der Waals surface area contributed by atoms with Crippen LogP contribution < -0.4 is 15.5 Å². The molecule has 1 aromatic carbocycles. The van der Waals surface area contributed by atoms with Crippen LogP contribution in [0.15, 0.2) is 42.6 Å². The minimum atomic E-state index is 0.120. The molecule has 35 heavy (non-hydrogen) atoms. The van der Waals surface area contributed by atoms with Gasteiger partial charge in [-0.2, -0.15) is 0 Å². The van der Waals surface area contributed by atoms with Crippen molar-refractivity contribution in [3.63, 3.8) is 0 Å². The Morgan fingerprint density at radius 3 is 2.71 bits per heavy atom. The summed E-state index contributed by atoms with van der Waals surface area (Å²) >= 11 is 0. The van der Waals surface area contributed by atoms with Gasteiger partial charge in [-0.25, -0.2) is 9.97 Å². The van der Waals surface area contributed by atoms with Crippen LogP contribution in [0.3, 0.4) is 0 Å². The van der Waals surface area contributed by atoms with E-state index in [1.54, 1.807) is 18.3 Å². The molecule has 1 aliphatic rings. The standard InChI is InChI=1S/C26H32N8O/c1-18(32(3)4)9-10-24-28-13-11-25(29-24)34-16-15-33(14-12-19(34)2)22-17-21(30-31-26(22)27)20-7-5-6-8-23(20)35/h5-8,11,13,17-19,35H,12,14-16H2,1-4H3,(H2,27,31)/t18-,19+/m0/s1. The summed E-state index contributed by atoms with van der Waals surface area (Å²) in [5.41, 5.74) is 8.27. The van der Waals surface area contributed by atoms with Gasteiger partial charge in [-0.3, -0.25) is 4.90 Å². The van der Waals surface area contributed by atoms with Crippen LogP contribution >= 0.6 is 0 Å². The number of aromatic hydroxyl groups is 1. The zero-order valence-electron chi connectivity index (χ0n) is 20.7. The molecule has 3 heterocycles. The maximum atomic E-state index is 10.2. The van der Waals surface area contributed by atoms with Crippen LogP contribution in [0.25, 0.3) is 11.3 Å². The quantitative estimate of drug-likeness (QED) is 0.554. The number of rotatable bonds is 4. The lowest BCUT2D eigenvalue weighted by Gasteiger charge is -2.28. The summed E-state index contributed by atoms with van der Waals surface area (Å²) in [5, 5.41) is 18.6. The first-order valence-electron chi connectivity index (χ1n) is 11.8. The topological polar surface area (TPSA) is 108 Å². The maximum Gasteiger partial charge on any atom is 0.206 e. The fraction of sp³-hybridized carbons (Fsp3) is 0.385. The van der Waals surface area contributed by atoms with Crippen molar-refractivity contribution in [2.24, 2.45) is 0 Å². The van der Waals surface area contributed by atoms with Gasteiger partial charge < -0.3 is 20.6 Å². The van der Waals surface area contributed by atoms with Gasteiger partial charge in [-0.05, 0) is 64.5 Å². The van der Waals surface area contributed by atoms with Crippen LogP contribution in [0.2, 0.25) is 0 Å². The number of phenolic OH excluding ortho intramolecular Hbond substituents is 1. The van der Waals surface area contributed by atoms with Gasteiger partial charge in [0.05, 0.1) is 17.4 Å². The number of hydrogen-bond acceptors (Lipinski definition) is 9.